The molecule has 1 atom stereocenters. The van der Waals surface area contributed by atoms with Crippen molar-refractivity contribution in [2.75, 3.05) is 13.2 Å². The third kappa shape index (κ3) is 62.2. The van der Waals surface area contributed by atoms with Crippen LogP contribution in [0.4, 0.5) is 0 Å². The maximum absolute atomic E-state index is 12.9. The molecule has 0 aromatic heterocycles. The number of carbonyl (C=O) groups is 3. The van der Waals surface area contributed by atoms with Gasteiger partial charge in [-0.3, -0.25) is 14.4 Å². The fourth-order valence-corrected chi connectivity index (χ4v) is 9.98. The lowest BCUT2D eigenvalue weighted by Gasteiger charge is -2.18. The fraction of sp³-hybridized carbons (Fsp3) is 0.843. The van der Waals surface area contributed by atoms with Crippen molar-refractivity contribution in [3.05, 3.63) is 48.6 Å². The SMILES string of the molecule is CCCCCCC/C=C\C/C=C\CCCCCCCCCCCCCC(=O)OCC(COC(=O)CCCCCCCCCCCCCC)OC(=O)CCCCCCCCCCCCC/C=C\C/C=C\CCCCCCC. The van der Waals surface area contributed by atoms with Gasteiger partial charge in [0.1, 0.15) is 13.2 Å². The number of unbranched alkanes of at least 4 members (excludes halogenated alkanes) is 43. The van der Waals surface area contributed by atoms with Crippen LogP contribution in [0.1, 0.15) is 361 Å². The van der Waals surface area contributed by atoms with Crippen molar-refractivity contribution in [3.63, 3.8) is 0 Å². The predicted octanol–water partition coefficient (Wildman–Crippen LogP) is 22.9. The molecule has 76 heavy (non-hydrogen) atoms. The number of allylic oxidation sites excluding steroid dienone is 8. The van der Waals surface area contributed by atoms with Gasteiger partial charge in [-0.25, -0.2) is 0 Å². The zero-order valence-corrected chi connectivity index (χ0v) is 51.0. The fourth-order valence-electron chi connectivity index (χ4n) is 9.98. The van der Waals surface area contributed by atoms with Crippen LogP contribution in [0.25, 0.3) is 0 Å². The second kappa shape index (κ2) is 64.9. The number of hydrogen-bond donors (Lipinski definition) is 0. The van der Waals surface area contributed by atoms with Gasteiger partial charge in [0.25, 0.3) is 0 Å². The first-order valence-electron chi connectivity index (χ1n) is 33.6. The van der Waals surface area contributed by atoms with Crippen LogP contribution in [0.3, 0.4) is 0 Å². The van der Waals surface area contributed by atoms with E-state index in [0.717, 1.165) is 70.6 Å². The van der Waals surface area contributed by atoms with E-state index in [4.69, 9.17) is 14.2 Å². The van der Waals surface area contributed by atoms with Crippen LogP contribution in [0.5, 0.6) is 0 Å². The van der Waals surface area contributed by atoms with Crippen LogP contribution in [0.15, 0.2) is 48.6 Å². The standard InChI is InChI=1S/C70H128O6/c1-4-7-10-13-16-19-22-25-27-29-31-33-35-37-39-41-43-45-48-51-54-57-60-63-69(72)75-66-67(65-74-68(71)62-59-56-53-50-47-24-21-18-15-12-9-6-3)76-70(73)64-61-58-55-52-49-46-44-42-40-38-36-34-32-30-28-26-23-20-17-14-11-8-5-2/h22-23,25-26,29-32,67H,4-21,24,27-28,33-66H2,1-3H3/b25-22-,26-23-,31-29-,32-30-. The average Bonchev–Trinajstić information content (AvgIpc) is 3.42. The highest BCUT2D eigenvalue weighted by molar-refractivity contribution is 5.71. The predicted molar refractivity (Wildman–Crippen MR) is 330 cm³/mol. The van der Waals surface area contributed by atoms with Gasteiger partial charge in [0.2, 0.25) is 0 Å². The van der Waals surface area contributed by atoms with Gasteiger partial charge in [-0.1, -0.05) is 307 Å². The van der Waals surface area contributed by atoms with Crippen LogP contribution < -0.4 is 0 Å². The summed E-state index contributed by atoms with van der Waals surface area (Å²) in [5.41, 5.74) is 0. The Hall–Kier alpha value is -2.63. The van der Waals surface area contributed by atoms with E-state index >= 15 is 0 Å². The molecule has 0 aliphatic rings. The second-order valence-corrected chi connectivity index (χ2v) is 22.7. The Morgan fingerprint density at radius 1 is 0.263 bits per heavy atom. The van der Waals surface area contributed by atoms with Crippen LogP contribution in [0, 0.1) is 0 Å². The van der Waals surface area contributed by atoms with Crippen LogP contribution in [-0.2, 0) is 28.6 Å². The Balaban J connectivity index is 4.26. The van der Waals surface area contributed by atoms with Crippen molar-refractivity contribution in [1.29, 1.82) is 0 Å². The molecule has 0 radical (unpaired) electrons. The molecule has 6 heteroatoms. The molecular weight excluding hydrogens is 937 g/mol. The van der Waals surface area contributed by atoms with Crippen molar-refractivity contribution in [3.8, 4) is 0 Å². The number of ether oxygens (including phenoxy) is 3. The minimum Gasteiger partial charge on any atom is -0.462 e. The third-order valence-corrected chi connectivity index (χ3v) is 15.1. The van der Waals surface area contributed by atoms with E-state index in [1.54, 1.807) is 0 Å². The summed E-state index contributed by atoms with van der Waals surface area (Å²) in [5, 5.41) is 0. The maximum Gasteiger partial charge on any atom is 0.306 e. The van der Waals surface area contributed by atoms with Crippen molar-refractivity contribution in [2.24, 2.45) is 0 Å². The molecule has 444 valence electrons. The summed E-state index contributed by atoms with van der Waals surface area (Å²) in [6.45, 7) is 6.67. The lowest BCUT2D eigenvalue weighted by molar-refractivity contribution is -0.167. The zero-order valence-electron chi connectivity index (χ0n) is 51.0. The Labute approximate surface area is 473 Å². The van der Waals surface area contributed by atoms with Crippen molar-refractivity contribution >= 4 is 17.9 Å². The highest BCUT2D eigenvalue weighted by atomic mass is 16.6. The Kier molecular flexibility index (Phi) is 62.6. The first kappa shape index (κ1) is 73.4. The summed E-state index contributed by atoms with van der Waals surface area (Å²) in [6.07, 6.45) is 81.2. The number of rotatable bonds is 62. The molecule has 0 saturated heterocycles. The van der Waals surface area contributed by atoms with E-state index in [1.807, 2.05) is 0 Å². The third-order valence-electron chi connectivity index (χ3n) is 15.1. The molecule has 0 aliphatic heterocycles. The molecule has 0 aromatic carbocycles. The van der Waals surface area contributed by atoms with Crippen LogP contribution in [0.2, 0.25) is 0 Å². The topological polar surface area (TPSA) is 78.9 Å². The molecule has 0 rings (SSSR count). The molecule has 1 unspecified atom stereocenters. The molecule has 0 saturated carbocycles. The van der Waals surface area contributed by atoms with Crippen LogP contribution >= 0.6 is 0 Å². The van der Waals surface area contributed by atoms with Crippen molar-refractivity contribution in [2.45, 2.75) is 367 Å². The van der Waals surface area contributed by atoms with Gasteiger partial charge in [0.05, 0.1) is 0 Å². The molecule has 0 amide bonds. The highest BCUT2D eigenvalue weighted by Gasteiger charge is 2.19. The quantitative estimate of drug-likeness (QED) is 0.0261. The van der Waals surface area contributed by atoms with Gasteiger partial charge in [-0.15, -0.1) is 0 Å². The molecule has 0 heterocycles. The molecule has 0 aliphatic carbocycles. The molecule has 0 fully saturated rings. The molecule has 0 aromatic rings. The van der Waals surface area contributed by atoms with Crippen molar-refractivity contribution in [1.82, 2.24) is 0 Å². The monoisotopic (exact) mass is 1060 g/mol. The van der Waals surface area contributed by atoms with E-state index in [9.17, 15) is 14.4 Å². The average molecular weight is 1070 g/mol. The van der Waals surface area contributed by atoms with E-state index < -0.39 is 6.10 Å². The zero-order chi connectivity index (χ0) is 55.0. The molecule has 6 nitrogen and oxygen atoms in total. The summed E-state index contributed by atoms with van der Waals surface area (Å²) >= 11 is 0. The summed E-state index contributed by atoms with van der Waals surface area (Å²) in [6, 6.07) is 0. The molecule has 0 bridgehead atoms. The largest absolute Gasteiger partial charge is 0.462 e. The van der Waals surface area contributed by atoms with E-state index in [1.165, 1.54) is 250 Å². The number of esters is 3. The van der Waals surface area contributed by atoms with Gasteiger partial charge in [-0.2, -0.15) is 0 Å². The summed E-state index contributed by atoms with van der Waals surface area (Å²) < 4.78 is 17.0. The number of hydrogen-bond acceptors (Lipinski definition) is 6. The summed E-state index contributed by atoms with van der Waals surface area (Å²) in [4.78, 5) is 38.3. The lowest BCUT2D eigenvalue weighted by Crippen LogP contribution is -2.30. The maximum atomic E-state index is 12.9. The van der Waals surface area contributed by atoms with Gasteiger partial charge >= 0.3 is 17.9 Å². The Bertz CT molecular complexity index is 1310. The van der Waals surface area contributed by atoms with Gasteiger partial charge in [-0.05, 0) is 83.5 Å². The number of carbonyl (C=O) groups excluding carboxylic acids is 3. The molecular formula is C70H128O6. The summed E-state index contributed by atoms with van der Waals surface area (Å²) in [7, 11) is 0. The van der Waals surface area contributed by atoms with Gasteiger partial charge in [0, 0.05) is 19.3 Å². The lowest BCUT2D eigenvalue weighted by atomic mass is 10.0. The minimum absolute atomic E-state index is 0.0703. The molecule has 0 N–H and O–H groups in total. The first-order valence-corrected chi connectivity index (χ1v) is 33.6. The Morgan fingerprint density at radius 2 is 0.474 bits per heavy atom. The normalized spacial score (nSPS) is 12.3. The van der Waals surface area contributed by atoms with Crippen molar-refractivity contribution < 1.29 is 28.6 Å². The summed E-state index contributed by atoms with van der Waals surface area (Å²) in [5.74, 6) is -0.852. The Morgan fingerprint density at radius 3 is 0.724 bits per heavy atom. The van der Waals surface area contributed by atoms with Gasteiger partial charge < -0.3 is 14.2 Å². The van der Waals surface area contributed by atoms with E-state index in [2.05, 4.69) is 69.4 Å². The minimum atomic E-state index is -0.773. The smallest absolute Gasteiger partial charge is 0.306 e. The molecule has 0 spiro atoms. The van der Waals surface area contributed by atoms with Gasteiger partial charge in [0.15, 0.2) is 6.10 Å². The second-order valence-electron chi connectivity index (χ2n) is 22.7. The van der Waals surface area contributed by atoms with E-state index in [0.29, 0.717) is 19.3 Å². The van der Waals surface area contributed by atoms with E-state index in [-0.39, 0.29) is 31.1 Å². The highest BCUT2D eigenvalue weighted by Crippen LogP contribution is 2.17. The van der Waals surface area contributed by atoms with Crippen LogP contribution in [-0.4, -0.2) is 37.2 Å². The first-order chi connectivity index (χ1) is 37.5.